The van der Waals surface area contributed by atoms with Crippen LogP contribution in [0.4, 0.5) is 0 Å². The normalized spacial score (nSPS) is 17.6. The Morgan fingerprint density at radius 3 is 2.63 bits per heavy atom. The lowest BCUT2D eigenvalue weighted by Crippen LogP contribution is -2.46. The first-order valence-corrected chi connectivity index (χ1v) is 8.04. The lowest BCUT2D eigenvalue weighted by molar-refractivity contribution is -0.141. The Morgan fingerprint density at radius 2 is 2.16 bits per heavy atom. The maximum Gasteiger partial charge on any atom is 0.230 e. The Morgan fingerprint density at radius 1 is 1.47 bits per heavy atom. The molecule has 0 radical (unpaired) electrons. The fourth-order valence-corrected chi connectivity index (χ4v) is 3.95. The van der Waals surface area contributed by atoms with Gasteiger partial charge in [0.15, 0.2) is 0 Å². The van der Waals surface area contributed by atoms with Crippen LogP contribution >= 0.6 is 22.9 Å². The largest absolute Gasteiger partial charge is 0.337 e. The van der Waals surface area contributed by atoms with Gasteiger partial charge >= 0.3 is 0 Å². The molecule has 0 spiro atoms. The first-order valence-electron chi connectivity index (χ1n) is 6.85. The Kier molecular flexibility index (Phi) is 4.87. The molecular weight excluding hydrogens is 280 g/mol. The second kappa shape index (κ2) is 6.25. The molecule has 2 N–H and O–H groups in total. The van der Waals surface area contributed by atoms with Crippen molar-refractivity contribution >= 4 is 28.8 Å². The van der Waals surface area contributed by atoms with Crippen molar-refractivity contribution in [3.8, 4) is 0 Å². The van der Waals surface area contributed by atoms with Crippen LogP contribution in [-0.4, -0.2) is 23.9 Å². The second-order valence-corrected chi connectivity index (χ2v) is 7.02. The first-order chi connectivity index (χ1) is 9.11. The number of hydrogen-bond acceptors (Lipinski definition) is 3. The van der Waals surface area contributed by atoms with Crippen LogP contribution in [0.5, 0.6) is 0 Å². The number of thiophene rings is 1. The minimum Gasteiger partial charge on any atom is -0.337 e. The number of hydrogen-bond donors (Lipinski definition) is 1. The first kappa shape index (κ1) is 14.8. The van der Waals surface area contributed by atoms with Crippen molar-refractivity contribution in [2.45, 2.75) is 39.2 Å². The van der Waals surface area contributed by atoms with Crippen molar-refractivity contribution in [3.05, 3.63) is 21.3 Å². The molecular formula is C14H21ClN2OS. The summed E-state index contributed by atoms with van der Waals surface area (Å²) in [5, 5.41) is 0. The number of rotatable bonds is 5. The maximum atomic E-state index is 12.8. The van der Waals surface area contributed by atoms with Crippen LogP contribution < -0.4 is 5.73 Å². The van der Waals surface area contributed by atoms with E-state index in [1.165, 1.54) is 11.3 Å². The fourth-order valence-electron chi connectivity index (χ4n) is 2.84. The number of nitrogens with two attached hydrogens (primary N) is 1. The molecule has 106 valence electrons. The van der Waals surface area contributed by atoms with E-state index in [1.54, 1.807) is 0 Å². The summed E-state index contributed by atoms with van der Waals surface area (Å²) in [7, 11) is 0. The third-order valence-corrected chi connectivity index (χ3v) is 5.27. The molecule has 1 fully saturated rings. The third kappa shape index (κ3) is 3.12. The minimum absolute atomic E-state index is 0.222. The molecule has 3 nitrogen and oxygen atoms in total. The van der Waals surface area contributed by atoms with Crippen molar-refractivity contribution in [1.82, 2.24) is 4.90 Å². The number of nitrogens with zero attached hydrogens (tertiary/aromatic N) is 1. The highest BCUT2D eigenvalue weighted by molar-refractivity contribution is 7.16. The predicted molar refractivity (Wildman–Crippen MR) is 80.4 cm³/mol. The summed E-state index contributed by atoms with van der Waals surface area (Å²) in [5.41, 5.74) is 5.59. The molecule has 0 saturated heterocycles. The van der Waals surface area contributed by atoms with Crippen molar-refractivity contribution in [3.63, 3.8) is 0 Å². The number of carbonyl (C=O) groups is 1. The van der Waals surface area contributed by atoms with Gasteiger partial charge in [-0.3, -0.25) is 4.79 Å². The van der Waals surface area contributed by atoms with Crippen LogP contribution in [0, 0.1) is 5.41 Å². The van der Waals surface area contributed by atoms with Crippen molar-refractivity contribution in [2.75, 3.05) is 13.1 Å². The average molecular weight is 301 g/mol. The van der Waals surface area contributed by atoms with E-state index in [0.717, 1.165) is 41.4 Å². The summed E-state index contributed by atoms with van der Waals surface area (Å²) in [6, 6.07) is 3.88. The van der Waals surface area contributed by atoms with Crippen molar-refractivity contribution < 1.29 is 4.79 Å². The minimum atomic E-state index is -0.308. The van der Waals surface area contributed by atoms with Gasteiger partial charge in [0.1, 0.15) is 0 Å². The zero-order chi connectivity index (χ0) is 13.9. The van der Waals surface area contributed by atoms with Gasteiger partial charge in [-0.1, -0.05) is 24.4 Å². The molecule has 0 atom stereocenters. The lowest BCUT2D eigenvalue weighted by atomic mass is 9.84. The van der Waals surface area contributed by atoms with E-state index in [2.05, 4.69) is 0 Å². The highest BCUT2D eigenvalue weighted by atomic mass is 35.5. The molecule has 0 aliphatic heterocycles. The highest BCUT2D eigenvalue weighted by Gasteiger charge is 2.41. The van der Waals surface area contributed by atoms with E-state index in [1.807, 2.05) is 24.0 Å². The molecule has 5 heteroatoms. The fraction of sp³-hybridized carbons (Fsp3) is 0.643. The monoisotopic (exact) mass is 300 g/mol. The van der Waals surface area contributed by atoms with E-state index in [4.69, 9.17) is 17.3 Å². The highest BCUT2D eigenvalue weighted by Crippen LogP contribution is 2.39. The second-order valence-electron chi connectivity index (χ2n) is 5.22. The van der Waals surface area contributed by atoms with Gasteiger partial charge in [0.2, 0.25) is 5.91 Å². The zero-order valence-electron chi connectivity index (χ0n) is 11.3. The molecule has 0 bridgehead atoms. The van der Waals surface area contributed by atoms with Gasteiger partial charge in [0, 0.05) is 18.0 Å². The van der Waals surface area contributed by atoms with Gasteiger partial charge < -0.3 is 10.6 Å². The molecule has 1 heterocycles. The van der Waals surface area contributed by atoms with Crippen LogP contribution in [0.15, 0.2) is 12.1 Å². The van der Waals surface area contributed by atoms with Crippen LogP contribution in [0.25, 0.3) is 0 Å². The molecule has 1 aliphatic rings. The van der Waals surface area contributed by atoms with Crippen LogP contribution in [0.3, 0.4) is 0 Å². The maximum absolute atomic E-state index is 12.8. The summed E-state index contributed by atoms with van der Waals surface area (Å²) in [6.45, 7) is 3.85. The SMILES string of the molecule is CCN(Cc1ccc(Cl)s1)C(=O)C1(CN)CCCC1. The van der Waals surface area contributed by atoms with Crippen LogP contribution in [0.2, 0.25) is 4.34 Å². The number of carbonyl (C=O) groups excluding carboxylic acids is 1. The molecule has 0 aromatic carbocycles. The van der Waals surface area contributed by atoms with Gasteiger partial charge in [-0.25, -0.2) is 0 Å². The average Bonchev–Trinajstić information content (AvgIpc) is 3.05. The molecule has 19 heavy (non-hydrogen) atoms. The zero-order valence-corrected chi connectivity index (χ0v) is 12.9. The predicted octanol–water partition coefficient (Wildman–Crippen LogP) is 3.27. The topological polar surface area (TPSA) is 46.3 Å². The van der Waals surface area contributed by atoms with E-state index >= 15 is 0 Å². The van der Waals surface area contributed by atoms with Gasteiger partial charge in [0.25, 0.3) is 0 Å². The molecule has 1 aromatic heterocycles. The molecule has 0 unspecified atom stereocenters. The van der Waals surface area contributed by atoms with E-state index in [0.29, 0.717) is 13.1 Å². The molecule has 2 rings (SSSR count). The summed E-state index contributed by atoms with van der Waals surface area (Å²) in [5.74, 6) is 0.222. The smallest absolute Gasteiger partial charge is 0.230 e. The Hall–Kier alpha value is -0.580. The Balaban J connectivity index is 2.10. The van der Waals surface area contributed by atoms with Crippen LogP contribution in [-0.2, 0) is 11.3 Å². The molecule has 1 saturated carbocycles. The van der Waals surface area contributed by atoms with Gasteiger partial charge in [-0.2, -0.15) is 0 Å². The summed E-state index contributed by atoms with van der Waals surface area (Å²) < 4.78 is 0.771. The van der Waals surface area contributed by atoms with E-state index < -0.39 is 0 Å². The standard InChI is InChI=1S/C14H21ClN2OS/c1-2-17(9-11-5-6-12(15)19-11)13(18)14(10-16)7-3-4-8-14/h5-6H,2-4,7-10,16H2,1H3. The number of halogens is 1. The number of amides is 1. The summed E-state index contributed by atoms with van der Waals surface area (Å²) >= 11 is 7.48. The molecule has 1 aliphatic carbocycles. The quantitative estimate of drug-likeness (QED) is 0.907. The van der Waals surface area contributed by atoms with Crippen molar-refractivity contribution in [1.29, 1.82) is 0 Å². The van der Waals surface area contributed by atoms with E-state index in [9.17, 15) is 4.79 Å². The van der Waals surface area contributed by atoms with Gasteiger partial charge in [-0.05, 0) is 31.9 Å². The Labute approximate surface area is 123 Å². The van der Waals surface area contributed by atoms with E-state index in [-0.39, 0.29) is 11.3 Å². The lowest BCUT2D eigenvalue weighted by Gasteiger charge is -2.32. The summed E-state index contributed by atoms with van der Waals surface area (Å²) in [6.07, 6.45) is 4.10. The molecule has 1 amide bonds. The van der Waals surface area contributed by atoms with Gasteiger partial charge in [0.05, 0.1) is 16.3 Å². The van der Waals surface area contributed by atoms with Crippen LogP contribution in [0.1, 0.15) is 37.5 Å². The van der Waals surface area contributed by atoms with Crippen molar-refractivity contribution in [2.24, 2.45) is 11.1 Å². The molecule has 1 aromatic rings. The summed E-state index contributed by atoms with van der Waals surface area (Å²) in [4.78, 5) is 15.8. The third-order valence-electron chi connectivity index (χ3n) is 4.05. The Bertz CT molecular complexity index is 440. The van der Waals surface area contributed by atoms with Gasteiger partial charge in [-0.15, -0.1) is 11.3 Å².